The highest BCUT2D eigenvalue weighted by atomic mass is 16.7. The highest BCUT2D eigenvalue weighted by Gasteiger charge is 2.43. The number of esters is 4. The molecule has 2 aromatic carbocycles. The van der Waals surface area contributed by atoms with Crippen LogP contribution in [0.2, 0.25) is 0 Å². The van der Waals surface area contributed by atoms with Crippen LogP contribution in [0.25, 0.3) is 0 Å². The van der Waals surface area contributed by atoms with Crippen LogP contribution in [-0.4, -0.2) is 149 Å². The summed E-state index contributed by atoms with van der Waals surface area (Å²) in [5.41, 5.74) is 0.512. The molecule has 17 nitrogen and oxygen atoms in total. The van der Waals surface area contributed by atoms with E-state index in [1.807, 2.05) is 67.5 Å². The first-order chi connectivity index (χ1) is 34.0. The van der Waals surface area contributed by atoms with Crippen molar-refractivity contribution in [2.24, 2.45) is 28.8 Å². The SMILES string of the molecule is CC(C)CC1C(=O)O[C@H](C)C(=O)N(C)[C@@H](CC(C)C)C(=O)O[C@H](Cc2ccccc2)C(=O)N(C)[C@@H](CC(C)C)C(=O)O[C@H](C)/C(=N\OC(C)(C)C)N(C)[C@@H](CC(C)C)C(=O)O[C@H](Cc2ccccc2)C(=O)N1C. The van der Waals surface area contributed by atoms with Gasteiger partial charge in [-0.15, -0.1) is 0 Å². The van der Waals surface area contributed by atoms with Crippen molar-refractivity contribution in [1.82, 2.24) is 19.6 Å². The van der Waals surface area contributed by atoms with Crippen LogP contribution in [0, 0.1) is 23.7 Å². The van der Waals surface area contributed by atoms with Crippen molar-refractivity contribution in [2.45, 2.75) is 183 Å². The van der Waals surface area contributed by atoms with E-state index in [1.54, 1.807) is 83.3 Å². The van der Waals surface area contributed by atoms with Crippen LogP contribution < -0.4 is 0 Å². The molecule has 0 saturated carbocycles. The van der Waals surface area contributed by atoms with Crippen LogP contribution in [-0.2, 0) is 70.2 Å². The monoisotopic (exact) mass is 1020 g/mol. The van der Waals surface area contributed by atoms with E-state index in [4.69, 9.17) is 23.8 Å². The van der Waals surface area contributed by atoms with Gasteiger partial charge >= 0.3 is 23.9 Å². The molecule has 2 aromatic rings. The Hall–Kier alpha value is -6.00. The Morgan fingerprint density at radius 3 is 1.10 bits per heavy atom. The lowest BCUT2D eigenvalue weighted by Crippen LogP contribution is -2.55. The molecule has 0 bridgehead atoms. The number of likely N-dealkylation sites (N-methyl/N-ethyl adjacent to an activating group) is 4. The van der Waals surface area contributed by atoms with E-state index in [2.05, 4.69) is 5.16 Å². The molecule has 3 amide bonds. The quantitative estimate of drug-likeness (QED) is 0.111. The van der Waals surface area contributed by atoms with Gasteiger partial charge in [-0.05, 0) is 95.1 Å². The first-order valence-corrected chi connectivity index (χ1v) is 25.7. The summed E-state index contributed by atoms with van der Waals surface area (Å²) in [4.78, 5) is 113. The molecule has 406 valence electrons. The molecule has 3 rings (SSSR count). The lowest BCUT2D eigenvalue weighted by molar-refractivity contribution is -0.174. The second-order valence-electron chi connectivity index (χ2n) is 22.1. The van der Waals surface area contributed by atoms with Crippen LogP contribution in [0.1, 0.15) is 127 Å². The molecule has 1 aliphatic rings. The number of ether oxygens (including phenoxy) is 4. The van der Waals surface area contributed by atoms with Gasteiger partial charge < -0.3 is 43.4 Å². The second kappa shape index (κ2) is 27.9. The first kappa shape index (κ1) is 61.3. The Morgan fingerprint density at radius 1 is 0.466 bits per heavy atom. The number of cyclic esters (lactones) is 4. The van der Waals surface area contributed by atoms with Crippen molar-refractivity contribution < 1.29 is 57.3 Å². The van der Waals surface area contributed by atoms with Gasteiger partial charge in [-0.3, -0.25) is 14.4 Å². The summed E-state index contributed by atoms with van der Waals surface area (Å²) in [5.74, 6) is -5.95. The van der Waals surface area contributed by atoms with Crippen molar-refractivity contribution in [2.75, 3.05) is 28.2 Å². The number of rotatable bonds is 13. The fourth-order valence-corrected chi connectivity index (χ4v) is 8.47. The zero-order valence-electron chi connectivity index (χ0n) is 46.6. The van der Waals surface area contributed by atoms with E-state index in [1.165, 1.54) is 42.8 Å². The summed E-state index contributed by atoms with van der Waals surface area (Å²) in [6, 6.07) is 13.2. The first-order valence-electron chi connectivity index (χ1n) is 25.7. The number of amidine groups is 1. The second-order valence-corrected chi connectivity index (χ2v) is 22.1. The largest absolute Gasteiger partial charge is 0.453 e. The van der Waals surface area contributed by atoms with Gasteiger partial charge in [0.2, 0.25) is 0 Å². The standard InChI is InChI=1S/C56H85N5O12/c1-34(2)28-42-54(67)71-46(32-40-24-20-18-21-25-40)50(63)61(17)44(30-36(5)6)53(66)70-39(10)49(62)59(15)45(31-37(7)8)55(68)72-47(33-41-26-22-19-23-27-41)51(64)60(16)43(29-35(3)4)52(65)69-38(9)48(58(42)14)57-73-56(11,12)13/h18-27,34-39,42-47H,28-33H2,1-17H3/b57-48+/t38-,39-,42+,43+,44?,45+,46-,47-/m1/s1. The number of hydrogen-bond acceptors (Lipinski definition) is 13. The van der Waals surface area contributed by atoms with Gasteiger partial charge in [0.15, 0.2) is 30.3 Å². The summed E-state index contributed by atoms with van der Waals surface area (Å²) in [6.45, 7) is 23.4. The molecular weight excluding hydrogens is 935 g/mol. The van der Waals surface area contributed by atoms with E-state index in [0.717, 1.165) is 4.90 Å². The van der Waals surface area contributed by atoms with Crippen LogP contribution in [0.5, 0.6) is 0 Å². The molecule has 1 heterocycles. The molecular formula is C56H85N5O12. The number of benzene rings is 2. The molecule has 1 saturated heterocycles. The third-order valence-corrected chi connectivity index (χ3v) is 12.4. The molecule has 8 atom stereocenters. The molecule has 0 radical (unpaired) electrons. The van der Waals surface area contributed by atoms with Crippen LogP contribution in [0.15, 0.2) is 65.8 Å². The summed E-state index contributed by atoms with van der Waals surface area (Å²) < 4.78 is 24.5. The average molecular weight is 1020 g/mol. The Morgan fingerprint density at radius 2 is 0.767 bits per heavy atom. The Labute approximate surface area is 434 Å². The van der Waals surface area contributed by atoms with Gasteiger partial charge in [0.1, 0.15) is 29.8 Å². The van der Waals surface area contributed by atoms with Crippen molar-refractivity contribution in [1.29, 1.82) is 0 Å². The fraction of sp³-hybridized carbons (Fsp3) is 0.643. The van der Waals surface area contributed by atoms with Crippen LogP contribution in [0.3, 0.4) is 0 Å². The number of carbonyl (C=O) groups excluding carboxylic acids is 7. The Kier molecular flexibility index (Phi) is 23.4. The lowest BCUT2D eigenvalue weighted by Gasteiger charge is -2.36. The maximum atomic E-state index is 14.9. The van der Waals surface area contributed by atoms with E-state index in [0.29, 0.717) is 11.1 Å². The van der Waals surface area contributed by atoms with Gasteiger partial charge in [0, 0.05) is 41.0 Å². The minimum Gasteiger partial charge on any atom is -0.453 e. The third kappa shape index (κ3) is 18.8. The topological polar surface area (TPSA) is 191 Å². The fourth-order valence-electron chi connectivity index (χ4n) is 8.47. The zero-order chi connectivity index (χ0) is 55.1. The predicted octanol–water partition coefficient (Wildman–Crippen LogP) is 7.27. The van der Waals surface area contributed by atoms with E-state index in [-0.39, 0.29) is 68.0 Å². The van der Waals surface area contributed by atoms with E-state index in [9.17, 15) is 33.6 Å². The van der Waals surface area contributed by atoms with Gasteiger partial charge in [-0.25, -0.2) is 19.2 Å². The summed E-state index contributed by atoms with van der Waals surface area (Å²) in [6.07, 6.45) is -5.06. The van der Waals surface area contributed by atoms with Crippen molar-refractivity contribution in [3.8, 4) is 0 Å². The normalized spacial score (nSPS) is 25.1. The molecule has 1 fully saturated rings. The molecule has 0 aliphatic carbocycles. The molecule has 17 heteroatoms. The third-order valence-electron chi connectivity index (χ3n) is 12.4. The van der Waals surface area contributed by atoms with Crippen molar-refractivity contribution in [3.05, 3.63) is 71.8 Å². The zero-order valence-corrected chi connectivity index (χ0v) is 46.6. The van der Waals surface area contributed by atoms with Crippen LogP contribution >= 0.6 is 0 Å². The summed E-state index contributed by atoms with van der Waals surface area (Å²) in [7, 11) is 5.88. The van der Waals surface area contributed by atoms with Gasteiger partial charge in [-0.1, -0.05) is 121 Å². The molecule has 73 heavy (non-hydrogen) atoms. The molecule has 1 unspecified atom stereocenters. The molecule has 0 aromatic heterocycles. The maximum Gasteiger partial charge on any atom is 0.329 e. The minimum atomic E-state index is -1.46. The highest BCUT2D eigenvalue weighted by molar-refractivity contribution is 5.95. The number of carbonyl (C=O) groups is 7. The summed E-state index contributed by atoms with van der Waals surface area (Å²) >= 11 is 0. The molecule has 0 spiro atoms. The van der Waals surface area contributed by atoms with Gasteiger partial charge in [-0.2, -0.15) is 0 Å². The van der Waals surface area contributed by atoms with Crippen molar-refractivity contribution in [3.63, 3.8) is 0 Å². The number of hydrogen-bond donors (Lipinski definition) is 0. The van der Waals surface area contributed by atoms with E-state index < -0.39 is 95.8 Å². The van der Waals surface area contributed by atoms with Gasteiger partial charge in [0.05, 0.1) is 0 Å². The van der Waals surface area contributed by atoms with Crippen molar-refractivity contribution >= 4 is 47.4 Å². The highest BCUT2D eigenvalue weighted by Crippen LogP contribution is 2.25. The molecule has 0 N–H and O–H groups in total. The Bertz CT molecular complexity index is 2170. The lowest BCUT2D eigenvalue weighted by atomic mass is 10.00. The predicted molar refractivity (Wildman–Crippen MR) is 278 cm³/mol. The number of amides is 3. The average Bonchev–Trinajstić information content (AvgIpc) is 3.31. The van der Waals surface area contributed by atoms with Crippen LogP contribution in [0.4, 0.5) is 0 Å². The van der Waals surface area contributed by atoms with E-state index >= 15 is 0 Å². The number of nitrogens with zero attached hydrogens (tertiary/aromatic N) is 5. The Balaban J connectivity index is 2.35. The summed E-state index contributed by atoms with van der Waals surface area (Å²) in [5, 5.41) is 4.49. The molecule has 1 aliphatic heterocycles. The number of oxime groups is 1. The maximum absolute atomic E-state index is 14.9. The van der Waals surface area contributed by atoms with Gasteiger partial charge in [0.25, 0.3) is 17.7 Å². The smallest absolute Gasteiger partial charge is 0.329 e. The minimum absolute atomic E-state index is 0.0419.